The van der Waals surface area contributed by atoms with Crippen molar-refractivity contribution in [3.8, 4) is 0 Å². The van der Waals surface area contributed by atoms with Crippen LogP contribution in [0.2, 0.25) is 0 Å². The lowest BCUT2D eigenvalue weighted by molar-refractivity contribution is 0.333. The maximum Gasteiger partial charge on any atom is 0.0220 e. The zero-order valence-electron chi connectivity index (χ0n) is 10.7. The fourth-order valence-electron chi connectivity index (χ4n) is 1.98. The molecule has 1 nitrogen and oxygen atoms in total. The summed E-state index contributed by atoms with van der Waals surface area (Å²) in [5.41, 5.74) is 1.48. The van der Waals surface area contributed by atoms with E-state index in [-0.39, 0.29) is 0 Å². The quantitative estimate of drug-likeness (QED) is 0.809. The second-order valence-electron chi connectivity index (χ2n) is 5.75. The summed E-state index contributed by atoms with van der Waals surface area (Å²) in [7, 11) is 0. The van der Waals surface area contributed by atoms with Crippen LogP contribution in [0.4, 0.5) is 0 Å². The molecule has 0 atom stereocenters. The van der Waals surface area contributed by atoms with Gasteiger partial charge in [-0.15, -0.1) is 0 Å². The molecule has 3 heteroatoms. The van der Waals surface area contributed by atoms with Crippen LogP contribution in [0.1, 0.15) is 45.1 Å². The van der Waals surface area contributed by atoms with Crippen LogP contribution in [0.25, 0.3) is 0 Å². The van der Waals surface area contributed by atoms with Gasteiger partial charge in [0.05, 0.1) is 0 Å². The Bertz CT molecular complexity index is 363. The Balaban J connectivity index is 1.77. The predicted molar refractivity (Wildman–Crippen MR) is 80.4 cm³/mol. The molecule has 0 heterocycles. The minimum Gasteiger partial charge on any atom is -0.261 e. The van der Waals surface area contributed by atoms with Gasteiger partial charge in [-0.25, -0.2) is 0 Å². The third-order valence-electron chi connectivity index (χ3n) is 3.01. The summed E-state index contributed by atoms with van der Waals surface area (Å²) in [5.74, 6) is 0.751. The van der Waals surface area contributed by atoms with E-state index in [1.807, 2.05) is 11.9 Å². The van der Waals surface area contributed by atoms with E-state index in [2.05, 4.69) is 65.7 Å². The van der Waals surface area contributed by atoms with Crippen molar-refractivity contribution in [1.29, 1.82) is 0 Å². The highest BCUT2D eigenvalue weighted by molar-refractivity contribution is 9.10. The van der Waals surface area contributed by atoms with Crippen molar-refractivity contribution in [3.05, 3.63) is 34.3 Å². The van der Waals surface area contributed by atoms with Gasteiger partial charge in [0.25, 0.3) is 0 Å². The van der Waals surface area contributed by atoms with Crippen molar-refractivity contribution >= 4 is 27.9 Å². The van der Waals surface area contributed by atoms with Gasteiger partial charge in [0.2, 0.25) is 0 Å². The third-order valence-corrected chi connectivity index (χ3v) is 4.60. The average molecular weight is 314 g/mol. The molecule has 1 aliphatic carbocycles. The normalized spacial score (nSPS) is 24.5. The number of benzene rings is 1. The fourth-order valence-corrected chi connectivity index (χ4v) is 2.96. The first-order chi connectivity index (χ1) is 7.94. The number of nitrogens with one attached hydrogen (secondary N) is 1. The summed E-state index contributed by atoms with van der Waals surface area (Å²) in [6.07, 6.45) is 2.54. The minimum absolute atomic E-state index is 0.308. The molecule has 0 aromatic heterocycles. The summed E-state index contributed by atoms with van der Waals surface area (Å²) in [5, 5.41) is 0. The summed E-state index contributed by atoms with van der Waals surface area (Å²) in [4.78, 5) is 0. The lowest BCUT2D eigenvalue weighted by atomic mass is 9.76. The van der Waals surface area contributed by atoms with E-state index in [0.29, 0.717) is 10.8 Å². The van der Waals surface area contributed by atoms with Crippen LogP contribution >= 0.6 is 27.9 Å². The van der Waals surface area contributed by atoms with E-state index in [4.69, 9.17) is 0 Å². The van der Waals surface area contributed by atoms with Crippen molar-refractivity contribution in [3.63, 3.8) is 0 Å². The van der Waals surface area contributed by atoms with Gasteiger partial charge in [-0.3, -0.25) is 4.72 Å². The van der Waals surface area contributed by atoms with Crippen molar-refractivity contribution in [2.24, 2.45) is 0 Å². The van der Waals surface area contributed by atoms with Crippen LogP contribution < -0.4 is 4.72 Å². The maximum absolute atomic E-state index is 3.58. The lowest BCUT2D eigenvalue weighted by Gasteiger charge is -2.37. The van der Waals surface area contributed by atoms with Crippen molar-refractivity contribution in [1.82, 2.24) is 4.72 Å². The Morgan fingerprint density at radius 1 is 1.18 bits per heavy atom. The Hall–Kier alpha value is 0.01000. The summed E-state index contributed by atoms with van der Waals surface area (Å²) < 4.78 is 5.05. The molecular weight excluding hydrogens is 294 g/mol. The number of hydrogen-bond acceptors (Lipinski definition) is 2. The molecule has 0 spiro atoms. The van der Waals surface area contributed by atoms with E-state index >= 15 is 0 Å². The topological polar surface area (TPSA) is 12.0 Å². The highest BCUT2D eigenvalue weighted by atomic mass is 79.9. The fraction of sp³-hybridized carbons (Fsp3) is 0.571. The van der Waals surface area contributed by atoms with Crippen LogP contribution in [-0.2, 0) is 0 Å². The lowest BCUT2D eigenvalue weighted by Crippen LogP contribution is -2.38. The van der Waals surface area contributed by atoms with E-state index in [0.717, 1.165) is 5.92 Å². The molecule has 0 amide bonds. The molecule has 0 unspecified atom stereocenters. The molecule has 1 aromatic rings. The van der Waals surface area contributed by atoms with Crippen LogP contribution in [0.5, 0.6) is 0 Å². The highest BCUT2D eigenvalue weighted by Gasteiger charge is 2.30. The summed E-state index contributed by atoms with van der Waals surface area (Å²) in [6.45, 7) is 6.74. The monoisotopic (exact) mass is 313 g/mol. The molecule has 94 valence electrons. The Kier molecular flexibility index (Phi) is 4.22. The Morgan fingerprint density at radius 3 is 2.29 bits per heavy atom. The molecular formula is C14H20BrNS. The second kappa shape index (κ2) is 5.33. The van der Waals surface area contributed by atoms with E-state index in [1.54, 1.807) is 0 Å². The summed E-state index contributed by atoms with van der Waals surface area (Å²) in [6, 6.07) is 9.44. The van der Waals surface area contributed by atoms with Gasteiger partial charge >= 0.3 is 0 Å². The predicted octanol–water partition coefficient (Wildman–Crippen LogP) is 4.73. The average Bonchev–Trinajstić information content (AvgIpc) is 2.16. The molecule has 1 aliphatic rings. The molecule has 0 bridgehead atoms. The van der Waals surface area contributed by atoms with E-state index in [9.17, 15) is 0 Å². The number of halogens is 1. The van der Waals surface area contributed by atoms with Crippen molar-refractivity contribution < 1.29 is 0 Å². The standard InChI is InChI=1S/C14H20BrNS/c1-14(2,3)17-16-13-8-11(9-13)10-4-6-12(15)7-5-10/h4-7,11,13,16H,8-9H2,1-3H3. The van der Waals surface area contributed by atoms with E-state index in [1.165, 1.54) is 22.9 Å². The number of rotatable bonds is 3. The first-order valence-electron chi connectivity index (χ1n) is 6.13. The van der Waals surface area contributed by atoms with Gasteiger partial charge in [0.15, 0.2) is 0 Å². The number of hydrogen-bond donors (Lipinski definition) is 1. The first kappa shape index (κ1) is 13.4. The van der Waals surface area contributed by atoms with Gasteiger partial charge in [-0.2, -0.15) is 0 Å². The second-order valence-corrected chi connectivity index (χ2v) is 8.33. The van der Waals surface area contributed by atoms with Gasteiger partial charge < -0.3 is 0 Å². The Morgan fingerprint density at radius 2 is 1.76 bits per heavy atom. The molecule has 1 fully saturated rings. The molecule has 1 saturated carbocycles. The molecule has 1 N–H and O–H groups in total. The molecule has 2 rings (SSSR count). The van der Waals surface area contributed by atoms with Crippen LogP contribution in [0, 0.1) is 0 Å². The van der Waals surface area contributed by atoms with Crippen molar-refractivity contribution in [2.75, 3.05) is 0 Å². The molecule has 17 heavy (non-hydrogen) atoms. The van der Waals surface area contributed by atoms with Crippen LogP contribution in [-0.4, -0.2) is 10.8 Å². The zero-order valence-corrected chi connectivity index (χ0v) is 13.1. The summed E-state index contributed by atoms with van der Waals surface area (Å²) >= 11 is 5.34. The largest absolute Gasteiger partial charge is 0.261 e. The first-order valence-corrected chi connectivity index (χ1v) is 7.74. The highest BCUT2D eigenvalue weighted by Crippen LogP contribution is 2.38. The Labute approximate surface area is 117 Å². The van der Waals surface area contributed by atoms with Crippen LogP contribution in [0.15, 0.2) is 28.7 Å². The van der Waals surface area contributed by atoms with Crippen LogP contribution in [0.3, 0.4) is 0 Å². The minimum atomic E-state index is 0.308. The SMILES string of the molecule is CC(C)(C)SNC1CC(c2ccc(Br)cc2)C1. The smallest absolute Gasteiger partial charge is 0.0220 e. The molecule has 0 saturated heterocycles. The zero-order chi connectivity index (χ0) is 12.5. The van der Waals surface area contributed by atoms with Gasteiger partial charge in [0, 0.05) is 15.3 Å². The van der Waals surface area contributed by atoms with Gasteiger partial charge in [-0.05, 0) is 57.2 Å². The molecule has 0 radical (unpaired) electrons. The maximum atomic E-state index is 3.58. The molecule has 0 aliphatic heterocycles. The molecule has 1 aromatic carbocycles. The van der Waals surface area contributed by atoms with Crippen molar-refractivity contribution in [2.45, 2.75) is 50.3 Å². The van der Waals surface area contributed by atoms with Gasteiger partial charge in [-0.1, -0.05) is 40.0 Å². The third kappa shape index (κ3) is 4.01. The van der Waals surface area contributed by atoms with Gasteiger partial charge in [0.1, 0.15) is 0 Å². The van der Waals surface area contributed by atoms with E-state index < -0.39 is 0 Å².